The standard InChI is InChI=1S/C21H24N4O5S/c1-9-13(17(21(29)30)25-16(9)14(10(2)26)19(25)28)12-7-24-8-23-15(20(24)31-12)18(27)11-3-5-22-6-4-11/h7-11,14,16,22,26H,3-6H2,1-2H3,(H,29,30)/t9-,10+,14+,16+/m0/s1. The third-order valence-electron chi connectivity index (χ3n) is 6.79. The van der Waals surface area contributed by atoms with Crippen LogP contribution in [0.3, 0.4) is 0 Å². The van der Waals surface area contributed by atoms with Gasteiger partial charge in [-0.05, 0) is 32.9 Å². The Labute approximate surface area is 182 Å². The Morgan fingerprint density at radius 1 is 1.32 bits per heavy atom. The van der Waals surface area contributed by atoms with E-state index in [2.05, 4.69) is 10.3 Å². The lowest BCUT2D eigenvalue weighted by molar-refractivity contribution is -0.163. The van der Waals surface area contributed by atoms with Crippen molar-refractivity contribution in [3.8, 4) is 0 Å². The van der Waals surface area contributed by atoms with E-state index in [0.717, 1.165) is 25.9 Å². The molecule has 0 aromatic carbocycles. The molecule has 3 N–H and O–H groups in total. The molecule has 0 bridgehead atoms. The van der Waals surface area contributed by atoms with Crippen LogP contribution in [0.4, 0.5) is 0 Å². The van der Waals surface area contributed by atoms with Crippen molar-refractivity contribution in [1.29, 1.82) is 0 Å². The largest absolute Gasteiger partial charge is 0.477 e. The minimum atomic E-state index is -1.16. The molecule has 5 rings (SSSR count). The Bertz CT molecular complexity index is 1130. The number of thiazole rings is 1. The fourth-order valence-electron chi connectivity index (χ4n) is 5.26. The summed E-state index contributed by atoms with van der Waals surface area (Å²) in [6.07, 6.45) is 4.09. The van der Waals surface area contributed by atoms with Crippen LogP contribution in [0.2, 0.25) is 0 Å². The quantitative estimate of drug-likeness (QED) is 0.468. The van der Waals surface area contributed by atoms with Gasteiger partial charge in [0.15, 0.2) is 5.78 Å². The van der Waals surface area contributed by atoms with Crippen LogP contribution in [0, 0.1) is 17.8 Å². The highest BCUT2D eigenvalue weighted by molar-refractivity contribution is 7.18. The molecule has 3 aliphatic rings. The minimum Gasteiger partial charge on any atom is -0.477 e. The number of β-lactam (4-membered cyclic amide) rings is 1. The van der Waals surface area contributed by atoms with Crippen LogP contribution < -0.4 is 5.32 Å². The maximum absolute atomic E-state index is 13.0. The fourth-order valence-corrected chi connectivity index (χ4v) is 6.49. The number of carbonyl (C=O) groups excluding carboxylic acids is 2. The third kappa shape index (κ3) is 2.89. The van der Waals surface area contributed by atoms with Crippen LogP contribution in [0.25, 0.3) is 10.4 Å². The number of ketones is 1. The van der Waals surface area contributed by atoms with Gasteiger partial charge in [-0.1, -0.05) is 6.92 Å². The van der Waals surface area contributed by atoms with Gasteiger partial charge in [-0.15, -0.1) is 11.3 Å². The molecule has 2 aromatic heterocycles. The second kappa shape index (κ2) is 7.25. The molecule has 0 unspecified atom stereocenters. The van der Waals surface area contributed by atoms with E-state index >= 15 is 0 Å². The molecule has 3 aliphatic heterocycles. The van der Waals surface area contributed by atoms with Gasteiger partial charge in [0.1, 0.15) is 22.5 Å². The number of carboxylic acids is 1. The molecule has 164 valence electrons. The molecule has 1 amide bonds. The van der Waals surface area contributed by atoms with Gasteiger partial charge in [0.2, 0.25) is 5.91 Å². The van der Waals surface area contributed by atoms with Crippen molar-refractivity contribution in [1.82, 2.24) is 19.6 Å². The molecule has 2 fully saturated rings. The van der Waals surface area contributed by atoms with E-state index < -0.39 is 18.0 Å². The zero-order valence-electron chi connectivity index (χ0n) is 17.2. The number of piperidine rings is 1. The highest BCUT2D eigenvalue weighted by Gasteiger charge is 2.60. The summed E-state index contributed by atoms with van der Waals surface area (Å²) in [7, 11) is 0. The number of hydrogen-bond donors (Lipinski definition) is 3. The summed E-state index contributed by atoms with van der Waals surface area (Å²) in [5.41, 5.74) is 0.971. The highest BCUT2D eigenvalue weighted by Crippen LogP contribution is 2.51. The normalized spacial score (nSPS) is 27.5. The van der Waals surface area contributed by atoms with Crippen LogP contribution in [0.1, 0.15) is 42.1 Å². The number of hydrogen-bond acceptors (Lipinski definition) is 7. The SMILES string of the molecule is C[C@@H](O)[C@H]1C(=O)N2C(C(=O)O)=C(c3cn4cnc(C(=O)C5CCNCC5)c4s3)[C@H](C)[C@H]12. The summed E-state index contributed by atoms with van der Waals surface area (Å²) in [5, 5.41) is 23.2. The number of aliphatic carboxylic acids is 1. The molecular weight excluding hydrogens is 420 g/mol. The number of nitrogens with zero attached hydrogens (tertiary/aromatic N) is 3. The molecule has 2 saturated heterocycles. The number of aliphatic hydroxyl groups is 1. The van der Waals surface area contributed by atoms with Crippen LogP contribution >= 0.6 is 11.3 Å². The van der Waals surface area contributed by atoms with E-state index in [9.17, 15) is 24.6 Å². The summed E-state index contributed by atoms with van der Waals surface area (Å²) in [4.78, 5) is 44.7. The molecule has 0 saturated carbocycles. The topological polar surface area (TPSA) is 124 Å². The number of nitrogens with one attached hydrogen (secondary N) is 1. The first-order chi connectivity index (χ1) is 14.8. The molecule has 0 radical (unpaired) electrons. The number of carboxylic acid groups (broad SMARTS) is 1. The second-order valence-corrected chi connectivity index (χ2v) is 9.64. The maximum Gasteiger partial charge on any atom is 0.352 e. The first-order valence-electron chi connectivity index (χ1n) is 10.5. The number of fused-ring (bicyclic) bond motifs is 2. The Morgan fingerprint density at radius 3 is 2.68 bits per heavy atom. The van der Waals surface area contributed by atoms with Crippen molar-refractivity contribution >= 4 is 39.4 Å². The molecule has 31 heavy (non-hydrogen) atoms. The Kier molecular flexibility index (Phi) is 4.76. The number of rotatable bonds is 5. The number of carbonyl (C=O) groups is 3. The predicted molar refractivity (Wildman–Crippen MR) is 113 cm³/mol. The summed E-state index contributed by atoms with van der Waals surface area (Å²) in [6, 6.07) is -0.371. The molecule has 0 aliphatic carbocycles. The van der Waals surface area contributed by atoms with Crippen molar-refractivity contribution < 1.29 is 24.6 Å². The van der Waals surface area contributed by atoms with E-state index in [1.165, 1.54) is 16.2 Å². The monoisotopic (exact) mass is 444 g/mol. The third-order valence-corrected chi connectivity index (χ3v) is 7.94. The van der Waals surface area contributed by atoms with E-state index in [1.807, 2.05) is 6.92 Å². The van der Waals surface area contributed by atoms with E-state index in [4.69, 9.17) is 0 Å². The number of amides is 1. The van der Waals surface area contributed by atoms with Gasteiger partial charge < -0.3 is 20.4 Å². The Balaban J connectivity index is 1.55. The predicted octanol–water partition coefficient (Wildman–Crippen LogP) is 1.23. The number of imidazole rings is 1. The van der Waals surface area contributed by atoms with Crippen LogP contribution in [0.5, 0.6) is 0 Å². The van der Waals surface area contributed by atoms with Crippen LogP contribution in [-0.2, 0) is 9.59 Å². The first-order valence-corrected chi connectivity index (χ1v) is 11.3. The lowest BCUT2D eigenvalue weighted by Crippen LogP contribution is -2.63. The second-order valence-electron chi connectivity index (χ2n) is 8.61. The van der Waals surface area contributed by atoms with Crippen molar-refractivity contribution in [2.24, 2.45) is 17.8 Å². The molecule has 0 spiro atoms. The van der Waals surface area contributed by atoms with Gasteiger partial charge in [-0.3, -0.25) is 14.0 Å². The fraction of sp³-hybridized carbons (Fsp3) is 0.524. The van der Waals surface area contributed by atoms with Crippen molar-refractivity contribution in [2.75, 3.05) is 13.1 Å². The van der Waals surface area contributed by atoms with E-state index in [0.29, 0.717) is 21.0 Å². The highest BCUT2D eigenvalue weighted by atomic mass is 32.1. The van der Waals surface area contributed by atoms with Gasteiger partial charge in [-0.25, -0.2) is 9.78 Å². The minimum absolute atomic E-state index is 0.0249. The van der Waals surface area contributed by atoms with E-state index in [-0.39, 0.29) is 35.3 Å². The Hall–Kier alpha value is -2.56. The average molecular weight is 445 g/mol. The molecular formula is C21H24N4O5S. The zero-order valence-corrected chi connectivity index (χ0v) is 18.1. The molecule has 5 heterocycles. The molecule has 4 atom stereocenters. The Morgan fingerprint density at radius 2 is 2.03 bits per heavy atom. The first kappa shape index (κ1) is 20.3. The van der Waals surface area contributed by atoms with Crippen molar-refractivity contribution in [3.63, 3.8) is 0 Å². The molecule has 2 aromatic rings. The maximum atomic E-state index is 13.0. The summed E-state index contributed by atoms with van der Waals surface area (Å²) in [6.45, 7) is 5.07. The van der Waals surface area contributed by atoms with Gasteiger partial charge in [0, 0.05) is 23.6 Å². The summed E-state index contributed by atoms with van der Waals surface area (Å²) in [5.74, 6) is -2.40. The summed E-state index contributed by atoms with van der Waals surface area (Å²) >= 11 is 1.33. The molecule has 9 nitrogen and oxygen atoms in total. The van der Waals surface area contributed by atoms with Crippen LogP contribution in [0.15, 0.2) is 18.2 Å². The number of Topliss-reactive ketones (excluding diaryl/α,β-unsaturated/α-hetero) is 1. The lowest BCUT2D eigenvalue weighted by Gasteiger charge is -2.46. The molecule has 10 heteroatoms. The van der Waals surface area contributed by atoms with E-state index in [1.54, 1.807) is 23.8 Å². The average Bonchev–Trinajstić information content (AvgIpc) is 3.37. The number of aliphatic hydroxyl groups excluding tert-OH is 1. The van der Waals surface area contributed by atoms with Crippen molar-refractivity contribution in [2.45, 2.75) is 38.8 Å². The summed E-state index contributed by atoms with van der Waals surface area (Å²) < 4.78 is 1.76. The van der Waals surface area contributed by atoms with Crippen molar-refractivity contribution in [3.05, 3.63) is 28.8 Å². The van der Waals surface area contributed by atoms with Gasteiger partial charge in [0.25, 0.3) is 0 Å². The zero-order chi connectivity index (χ0) is 22.0. The lowest BCUT2D eigenvalue weighted by atomic mass is 9.77. The van der Waals surface area contributed by atoms with Gasteiger partial charge in [-0.2, -0.15) is 0 Å². The number of aromatic nitrogens is 2. The smallest absolute Gasteiger partial charge is 0.352 e. The van der Waals surface area contributed by atoms with Gasteiger partial charge in [0.05, 0.1) is 22.9 Å². The van der Waals surface area contributed by atoms with Gasteiger partial charge >= 0.3 is 5.97 Å². The van der Waals surface area contributed by atoms with Crippen LogP contribution in [-0.4, -0.2) is 67.4 Å².